The van der Waals surface area contributed by atoms with Crippen LogP contribution in [-0.4, -0.2) is 7.11 Å². The van der Waals surface area contributed by atoms with E-state index in [9.17, 15) is 0 Å². The van der Waals surface area contributed by atoms with Crippen LogP contribution >= 0.6 is 15.9 Å². The van der Waals surface area contributed by atoms with Gasteiger partial charge in [0.15, 0.2) is 0 Å². The van der Waals surface area contributed by atoms with Gasteiger partial charge in [0.05, 0.1) is 7.11 Å². The first-order chi connectivity index (χ1) is 9.61. The Balaban J connectivity index is 2.09. The van der Waals surface area contributed by atoms with Crippen molar-refractivity contribution in [1.82, 2.24) is 5.32 Å². The Hall–Kier alpha value is -1.32. The number of methoxy groups -OCH3 is 1. The largest absolute Gasteiger partial charge is 0.496 e. The van der Waals surface area contributed by atoms with E-state index in [0.717, 1.165) is 16.8 Å². The van der Waals surface area contributed by atoms with E-state index in [1.165, 1.54) is 16.7 Å². The second-order valence-corrected chi connectivity index (χ2v) is 5.79. The Bertz CT molecular complexity index is 583. The molecule has 0 heterocycles. The molecule has 20 heavy (non-hydrogen) atoms. The Labute approximate surface area is 129 Å². The van der Waals surface area contributed by atoms with Crippen LogP contribution < -0.4 is 10.1 Å². The van der Waals surface area contributed by atoms with Gasteiger partial charge in [0.1, 0.15) is 5.75 Å². The highest BCUT2D eigenvalue weighted by molar-refractivity contribution is 9.10. The Morgan fingerprint density at radius 3 is 2.65 bits per heavy atom. The number of aryl methyl sites for hydroxylation is 1. The van der Waals surface area contributed by atoms with E-state index >= 15 is 0 Å². The van der Waals surface area contributed by atoms with Crippen LogP contribution in [-0.2, 0) is 6.54 Å². The van der Waals surface area contributed by atoms with Gasteiger partial charge in [-0.1, -0.05) is 51.8 Å². The van der Waals surface area contributed by atoms with Gasteiger partial charge >= 0.3 is 0 Å². The molecule has 2 aromatic carbocycles. The molecule has 1 N–H and O–H groups in total. The Kier molecular flexibility index (Phi) is 5.21. The van der Waals surface area contributed by atoms with Crippen LogP contribution in [0.2, 0.25) is 0 Å². The van der Waals surface area contributed by atoms with E-state index in [1.807, 2.05) is 12.1 Å². The predicted octanol–water partition coefficient (Wildman–Crippen LogP) is 4.62. The Morgan fingerprint density at radius 1 is 1.20 bits per heavy atom. The third kappa shape index (κ3) is 3.62. The standard InChI is InChI=1S/C17H20BrNO/c1-12-8-9-17(20-3)14(10-12)11-19-13(2)15-6-4-5-7-16(15)18/h4-10,13,19H,11H2,1-3H3. The van der Waals surface area contributed by atoms with Crippen molar-refractivity contribution < 1.29 is 4.74 Å². The zero-order chi connectivity index (χ0) is 14.5. The lowest BCUT2D eigenvalue weighted by Crippen LogP contribution is -2.19. The fraction of sp³-hybridized carbons (Fsp3) is 0.294. The molecule has 0 aliphatic carbocycles. The number of rotatable bonds is 5. The predicted molar refractivity (Wildman–Crippen MR) is 87.1 cm³/mol. The quantitative estimate of drug-likeness (QED) is 0.862. The second-order valence-electron chi connectivity index (χ2n) is 4.94. The monoisotopic (exact) mass is 333 g/mol. The highest BCUT2D eigenvalue weighted by Gasteiger charge is 2.10. The molecule has 0 aliphatic heterocycles. The van der Waals surface area contributed by atoms with E-state index in [4.69, 9.17) is 4.74 Å². The lowest BCUT2D eigenvalue weighted by atomic mass is 10.1. The summed E-state index contributed by atoms with van der Waals surface area (Å²) in [6.45, 7) is 5.05. The zero-order valence-electron chi connectivity index (χ0n) is 12.1. The van der Waals surface area contributed by atoms with Crippen molar-refractivity contribution in [2.75, 3.05) is 7.11 Å². The molecular formula is C17H20BrNO. The summed E-state index contributed by atoms with van der Waals surface area (Å²) in [5.74, 6) is 0.933. The van der Waals surface area contributed by atoms with E-state index in [-0.39, 0.29) is 6.04 Å². The minimum atomic E-state index is 0.274. The molecule has 2 rings (SSSR count). The van der Waals surface area contributed by atoms with E-state index < -0.39 is 0 Å². The second kappa shape index (κ2) is 6.91. The Morgan fingerprint density at radius 2 is 1.95 bits per heavy atom. The molecular weight excluding hydrogens is 314 g/mol. The number of halogens is 1. The molecule has 0 bridgehead atoms. The van der Waals surface area contributed by atoms with Crippen molar-refractivity contribution >= 4 is 15.9 Å². The first kappa shape index (κ1) is 15.1. The SMILES string of the molecule is COc1ccc(C)cc1CNC(C)c1ccccc1Br. The van der Waals surface area contributed by atoms with Crippen molar-refractivity contribution in [2.45, 2.75) is 26.4 Å². The molecule has 3 heteroatoms. The number of benzene rings is 2. The molecule has 0 saturated carbocycles. The van der Waals surface area contributed by atoms with Crippen molar-refractivity contribution in [3.63, 3.8) is 0 Å². The first-order valence-electron chi connectivity index (χ1n) is 6.73. The van der Waals surface area contributed by atoms with Crippen LogP contribution in [0.15, 0.2) is 46.9 Å². The molecule has 0 amide bonds. The van der Waals surface area contributed by atoms with Crippen LogP contribution in [0.5, 0.6) is 5.75 Å². The maximum atomic E-state index is 5.41. The van der Waals surface area contributed by atoms with Crippen LogP contribution in [0.25, 0.3) is 0 Å². The van der Waals surface area contributed by atoms with Gasteiger partial charge in [-0.3, -0.25) is 0 Å². The van der Waals surface area contributed by atoms with Gasteiger partial charge in [-0.05, 0) is 31.5 Å². The summed E-state index contributed by atoms with van der Waals surface area (Å²) in [4.78, 5) is 0. The third-order valence-electron chi connectivity index (χ3n) is 3.41. The van der Waals surface area contributed by atoms with Crippen molar-refractivity contribution in [3.05, 3.63) is 63.6 Å². The molecule has 0 fully saturated rings. The first-order valence-corrected chi connectivity index (χ1v) is 7.52. The summed E-state index contributed by atoms with van der Waals surface area (Å²) in [6.07, 6.45) is 0. The minimum absolute atomic E-state index is 0.274. The summed E-state index contributed by atoms with van der Waals surface area (Å²) in [6, 6.07) is 14.8. The number of nitrogens with one attached hydrogen (secondary N) is 1. The molecule has 0 spiro atoms. The average molecular weight is 334 g/mol. The number of ether oxygens (including phenoxy) is 1. The van der Waals surface area contributed by atoms with Crippen LogP contribution in [0, 0.1) is 6.92 Å². The molecule has 0 saturated heterocycles. The smallest absolute Gasteiger partial charge is 0.123 e. The van der Waals surface area contributed by atoms with Crippen molar-refractivity contribution in [2.24, 2.45) is 0 Å². The van der Waals surface area contributed by atoms with Gasteiger partial charge in [0.2, 0.25) is 0 Å². The van der Waals surface area contributed by atoms with Crippen LogP contribution in [0.3, 0.4) is 0 Å². The molecule has 0 aromatic heterocycles. The lowest BCUT2D eigenvalue weighted by Gasteiger charge is -2.17. The summed E-state index contributed by atoms with van der Waals surface area (Å²) in [5, 5.41) is 3.55. The maximum Gasteiger partial charge on any atom is 0.123 e. The summed E-state index contributed by atoms with van der Waals surface area (Å²) < 4.78 is 6.55. The highest BCUT2D eigenvalue weighted by Crippen LogP contribution is 2.24. The fourth-order valence-corrected chi connectivity index (χ4v) is 2.87. The molecule has 2 aromatic rings. The number of hydrogen-bond acceptors (Lipinski definition) is 2. The normalized spacial score (nSPS) is 12.2. The van der Waals surface area contributed by atoms with Crippen LogP contribution in [0.4, 0.5) is 0 Å². The average Bonchev–Trinajstić information content (AvgIpc) is 2.45. The summed E-state index contributed by atoms with van der Waals surface area (Å²) >= 11 is 3.60. The van der Waals surface area contributed by atoms with Gasteiger partial charge in [0.25, 0.3) is 0 Å². The molecule has 0 aliphatic rings. The van der Waals surface area contributed by atoms with Crippen molar-refractivity contribution in [3.8, 4) is 5.75 Å². The topological polar surface area (TPSA) is 21.3 Å². The summed E-state index contributed by atoms with van der Waals surface area (Å²) in [5.41, 5.74) is 3.70. The lowest BCUT2D eigenvalue weighted by molar-refractivity contribution is 0.406. The maximum absolute atomic E-state index is 5.41. The number of hydrogen-bond donors (Lipinski definition) is 1. The van der Waals surface area contributed by atoms with Gasteiger partial charge in [-0.15, -0.1) is 0 Å². The van der Waals surface area contributed by atoms with Gasteiger partial charge in [-0.2, -0.15) is 0 Å². The zero-order valence-corrected chi connectivity index (χ0v) is 13.7. The van der Waals surface area contributed by atoms with E-state index in [2.05, 4.69) is 65.4 Å². The molecule has 2 nitrogen and oxygen atoms in total. The molecule has 1 unspecified atom stereocenters. The van der Waals surface area contributed by atoms with E-state index in [0.29, 0.717) is 0 Å². The highest BCUT2D eigenvalue weighted by atomic mass is 79.9. The van der Waals surface area contributed by atoms with E-state index in [1.54, 1.807) is 7.11 Å². The minimum Gasteiger partial charge on any atom is -0.496 e. The van der Waals surface area contributed by atoms with Crippen LogP contribution in [0.1, 0.15) is 29.7 Å². The van der Waals surface area contributed by atoms with Crippen molar-refractivity contribution in [1.29, 1.82) is 0 Å². The molecule has 1 atom stereocenters. The van der Waals surface area contributed by atoms with Gasteiger partial charge in [0, 0.05) is 22.6 Å². The van der Waals surface area contributed by atoms with Gasteiger partial charge in [-0.25, -0.2) is 0 Å². The molecule has 0 radical (unpaired) electrons. The van der Waals surface area contributed by atoms with Gasteiger partial charge < -0.3 is 10.1 Å². The third-order valence-corrected chi connectivity index (χ3v) is 4.13. The summed E-state index contributed by atoms with van der Waals surface area (Å²) in [7, 11) is 1.71. The fourth-order valence-electron chi connectivity index (χ4n) is 2.24. The molecule has 106 valence electrons.